The summed E-state index contributed by atoms with van der Waals surface area (Å²) in [6.07, 6.45) is 2.21. The third-order valence-corrected chi connectivity index (χ3v) is 5.55. The van der Waals surface area contributed by atoms with E-state index in [-0.39, 0.29) is 18.4 Å². The van der Waals surface area contributed by atoms with Crippen LogP contribution < -0.4 is 0 Å². The number of carboxylic acid groups (broad SMARTS) is 1. The Morgan fingerprint density at radius 1 is 1.38 bits per heavy atom. The van der Waals surface area contributed by atoms with E-state index in [2.05, 4.69) is 15.9 Å². The SMILES string of the molecule is O=C(O)CC1CCCN1C(=O)CCSc1ccccc1Br. The highest BCUT2D eigenvalue weighted by molar-refractivity contribution is 9.10. The number of thioether (sulfide) groups is 1. The number of hydrogen-bond acceptors (Lipinski definition) is 3. The molecule has 1 aliphatic rings. The predicted octanol–water partition coefficient (Wildman–Crippen LogP) is 3.40. The van der Waals surface area contributed by atoms with E-state index < -0.39 is 5.97 Å². The number of halogens is 1. The first-order valence-corrected chi connectivity index (χ1v) is 8.74. The standard InChI is InChI=1S/C15H18BrNO3S/c16-12-5-1-2-6-13(12)21-9-7-14(18)17-8-3-4-11(17)10-15(19)20/h1-2,5-6,11H,3-4,7-10H2,(H,19,20). The summed E-state index contributed by atoms with van der Waals surface area (Å²) in [5.41, 5.74) is 0. The molecule has 0 saturated carbocycles. The Hall–Kier alpha value is -1.01. The fourth-order valence-corrected chi connectivity index (χ4v) is 4.04. The molecule has 1 saturated heterocycles. The Morgan fingerprint density at radius 3 is 2.86 bits per heavy atom. The molecule has 1 unspecified atom stereocenters. The minimum absolute atomic E-state index is 0.0586. The summed E-state index contributed by atoms with van der Waals surface area (Å²) in [5.74, 6) is -0.0572. The second-order valence-corrected chi connectivity index (χ2v) is 7.00. The van der Waals surface area contributed by atoms with Gasteiger partial charge in [0.2, 0.25) is 5.91 Å². The van der Waals surface area contributed by atoms with Gasteiger partial charge in [-0.05, 0) is 40.9 Å². The molecule has 0 aromatic heterocycles. The van der Waals surface area contributed by atoms with Gasteiger partial charge in [-0.25, -0.2) is 0 Å². The molecule has 1 aromatic rings. The first-order chi connectivity index (χ1) is 10.1. The average molecular weight is 372 g/mol. The van der Waals surface area contributed by atoms with Gasteiger partial charge in [-0.3, -0.25) is 9.59 Å². The monoisotopic (exact) mass is 371 g/mol. The minimum atomic E-state index is -0.831. The quantitative estimate of drug-likeness (QED) is 0.778. The molecular formula is C15H18BrNO3S. The molecule has 21 heavy (non-hydrogen) atoms. The molecule has 0 bridgehead atoms. The molecule has 114 valence electrons. The minimum Gasteiger partial charge on any atom is -0.481 e. The first kappa shape index (κ1) is 16.4. The summed E-state index contributed by atoms with van der Waals surface area (Å²) < 4.78 is 1.03. The fourth-order valence-electron chi connectivity index (χ4n) is 2.53. The number of hydrogen-bond donors (Lipinski definition) is 1. The molecule has 0 radical (unpaired) electrons. The molecule has 2 rings (SSSR count). The van der Waals surface area contributed by atoms with Gasteiger partial charge in [-0.1, -0.05) is 12.1 Å². The number of carbonyl (C=O) groups excluding carboxylic acids is 1. The number of nitrogens with zero attached hydrogens (tertiary/aromatic N) is 1. The molecule has 1 fully saturated rings. The summed E-state index contributed by atoms with van der Waals surface area (Å²) in [6, 6.07) is 7.80. The molecule has 1 N–H and O–H groups in total. The van der Waals surface area contributed by atoms with Crippen molar-refractivity contribution < 1.29 is 14.7 Å². The maximum atomic E-state index is 12.2. The lowest BCUT2D eigenvalue weighted by Crippen LogP contribution is -2.36. The number of amides is 1. The normalized spacial score (nSPS) is 18.0. The van der Waals surface area contributed by atoms with Crippen molar-refractivity contribution in [3.05, 3.63) is 28.7 Å². The Balaban J connectivity index is 1.81. The van der Waals surface area contributed by atoms with E-state index in [0.717, 1.165) is 22.2 Å². The Labute approximate surface area is 137 Å². The second-order valence-electron chi connectivity index (χ2n) is 5.01. The Bertz CT molecular complexity index is 523. The molecule has 6 heteroatoms. The van der Waals surface area contributed by atoms with Crippen LogP contribution in [0.1, 0.15) is 25.7 Å². The molecule has 1 amide bonds. The van der Waals surface area contributed by atoms with E-state index >= 15 is 0 Å². The van der Waals surface area contributed by atoms with Gasteiger partial charge in [0.15, 0.2) is 0 Å². The smallest absolute Gasteiger partial charge is 0.305 e. The van der Waals surface area contributed by atoms with Crippen LogP contribution in [-0.2, 0) is 9.59 Å². The van der Waals surface area contributed by atoms with Crippen LogP contribution in [0.5, 0.6) is 0 Å². The maximum absolute atomic E-state index is 12.2. The number of aliphatic carboxylic acids is 1. The van der Waals surface area contributed by atoms with Crippen LogP contribution in [0.4, 0.5) is 0 Å². The van der Waals surface area contributed by atoms with Gasteiger partial charge >= 0.3 is 5.97 Å². The summed E-state index contributed by atoms with van der Waals surface area (Å²) in [6.45, 7) is 0.691. The van der Waals surface area contributed by atoms with Crippen LogP contribution in [-0.4, -0.2) is 40.2 Å². The van der Waals surface area contributed by atoms with Crippen molar-refractivity contribution in [3.63, 3.8) is 0 Å². The molecule has 4 nitrogen and oxygen atoms in total. The lowest BCUT2D eigenvalue weighted by Gasteiger charge is -2.23. The van der Waals surface area contributed by atoms with E-state index in [4.69, 9.17) is 5.11 Å². The summed E-state index contributed by atoms with van der Waals surface area (Å²) in [4.78, 5) is 25.9. The van der Waals surface area contributed by atoms with Crippen LogP contribution in [0.25, 0.3) is 0 Å². The molecular weight excluding hydrogens is 354 g/mol. The highest BCUT2D eigenvalue weighted by Gasteiger charge is 2.29. The molecule has 0 spiro atoms. The van der Waals surface area contributed by atoms with Gasteiger partial charge in [0.05, 0.1) is 6.42 Å². The van der Waals surface area contributed by atoms with Crippen molar-refractivity contribution in [2.24, 2.45) is 0 Å². The fraction of sp³-hybridized carbons (Fsp3) is 0.467. The van der Waals surface area contributed by atoms with Crippen LogP contribution >= 0.6 is 27.7 Å². The maximum Gasteiger partial charge on any atom is 0.305 e. The average Bonchev–Trinajstić information content (AvgIpc) is 2.88. The van der Waals surface area contributed by atoms with Crippen molar-refractivity contribution in [2.45, 2.75) is 36.6 Å². The van der Waals surface area contributed by atoms with E-state index in [1.165, 1.54) is 0 Å². The van der Waals surface area contributed by atoms with Crippen LogP contribution in [0.2, 0.25) is 0 Å². The van der Waals surface area contributed by atoms with Crippen LogP contribution in [0.15, 0.2) is 33.6 Å². The molecule has 1 aromatic carbocycles. The Kier molecular flexibility index (Phi) is 6.11. The first-order valence-electron chi connectivity index (χ1n) is 6.96. The van der Waals surface area contributed by atoms with Gasteiger partial charge in [0, 0.05) is 34.1 Å². The number of carboxylic acids is 1. The van der Waals surface area contributed by atoms with Gasteiger partial charge in [-0.15, -0.1) is 11.8 Å². The largest absolute Gasteiger partial charge is 0.481 e. The van der Waals surface area contributed by atoms with Crippen molar-refractivity contribution in [3.8, 4) is 0 Å². The van der Waals surface area contributed by atoms with Crippen molar-refractivity contribution in [1.29, 1.82) is 0 Å². The number of likely N-dealkylation sites (tertiary alicyclic amines) is 1. The number of rotatable bonds is 6. The Morgan fingerprint density at radius 2 is 2.14 bits per heavy atom. The predicted molar refractivity (Wildman–Crippen MR) is 86.5 cm³/mol. The van der Waals surface area contributed by atoms with Crippen LogP contribution in [0.3, 0.4) is 0 Å². The zero-order valence-electron chi connectivity index (χ0n) is 11.6. The van der Waals surface area contributed by atoms with E-state index in [1.54, 1.807) is 16.7 Å². The highest BCUT2D eigenvalue weighted by atomic mass is 79.9. The zero-order valence-corrected chi connectivity index (χ0v) is 14.0. The molecule has 0 aliphatic carbocycles. The van der Waals surface area contributed by atoms with Gasteiger partial charge in [0.1, 0.15) is 0 Å². The number of benzene rings is 1. The topological polar surface area (TPSA) is 57.6 Å². The summed E-state index contributed by atoms with van der Waals surface area (Å²) in [5, 5.41) is 8.88. The van der Waals surface area contributed by atoms with Crippen molar-refractivity contribution in [1.82, 2.24) is 4.90 Å². The van der Waals surface area contributed by atoms with Gasteiger partial charge in [0.25, 0.3) is 0 Å². The molecule has 1 atom stereocenters. The second kappa shape index (κ2) is 7.84. The molecule has 1 aliphatic heterocycles. The number of carbonyl (C=O) groups is 2. The lowest BCUT2D eigenvalue weighted by molar-refractivity contribution is -0.139. The van der Waals surface area contributed by atoms with E-state index in [1.807, 2.05) is 24.3 Å². The highest BCUT2D eigenvalue weighted by Crippen LogP contribution is 2.28. The zero-order chi connectivity index (χ0) is 15.2. The summed E-state index contributed by atoms with van der Waals surface area (Å²) >= 11 is 5.12. The van der Waals surface area contributed by atoms with E-state index in [0.29, 0.717) is 18.7 Å². The van der Waals surface area contributed by atoms with E-state index in [9.17, 15) is 9.59 Å². The molecule has 1 heterocycles. The van der Waals surface area contributed by atoms with Crippen molar-refractivity contribution >= 4 is 39.6 Å². The third-order valence-electron chi connectivity index (χ3n) is 3.52. The van der Waals surface area contributed by atoms with Crippen LogP contribution in [0, 0.1) is 0 Å². The van der Waals surface area contributed by atoms with Gasteiger partial charge in [-0.2, -0.15) is 0 Å². The van der Waals surface area contributed by atoms with Gasteiger partial charge < -0.3 is 10.0 Å². The summed E-state index contributed by atoms with van der Waals surface area (Å²) in [7, 11) is 0. The lowest BCUT2D eigenvalue weighted by atomic mass is 10.1. The third kappa shape index (κ3) is 4.74. The van der Waals surface area contributed by atoms with Crippen molar-refractivity contribution in [2.75, 3.05) is 12.3 Å².